The number of esters is 1. The van der Waals surface area contributed by atoms with E-state index >= 15 is 0 Å². The Morgan fingerprint density at radius 2 is 1.32 bits per heavy atom. The Morgan fingerprint density at radius 1 is 0.692 bits per heavy atom. The second kappa shape index (κ2) is 17.8. The average Bonchev–Trinajstić information content (AvgIpc) is 3.26. The van der Waals surface area contributed by atoms with Crippen LogP contribution in [-0.2, 0) is 33.2 Å². The van der Waals surface area contributed by atoms with E-state index in [9.17, 15) is 61.0 Å². The van der Waals surface area contributed by atoms with Crippen LogP contribution in [0.3, 0.4) is 0 Å². The molecule has 0 bridgehead atoms. The number of carbonyl (C=O) groups excluding carboxylic acids is 1. The lowest BCUT2D eigenvalue weighted by Crippen LogP contribution is -2.67. The normalized spacial score (nSPS) is 54.3. The quantitative estimate of drug-likeness (QED) is 0.0808. The van der Waals surface area contributed by atoms with E-state index in [0.29, 0.717) is 25.7 Å². The third kappa shape index (κ3) is 7.89. The van der Waals surface area contributed by atoms with Crippen LogP contribution in [0.25, 0.3) is 0 Å². The smallest absolute Gasteiger partial charge is 0.315 e. The zero-order chi connectivity index (χ0) is 47.4. The molecule has 18 heteroatoms. The molecule has 3 heterocycles. The van der Waals surface area contributed by atoms with Gasteiger partial charge in [0.05, 0.1) is 37.9 Å². The summed E-state index contributed by atoms with van der Waals surface area (Å²) in [5, 5.41) is 116. The lowest BCUT2D eigenvalue weighted by Gasteiger charge is -2.71. The Balaban J connectivity index is 1.02. The van der Waals surface area contributed by atoms with Gasteiger partial charge in [-0.15, -0.1) is 0 Å². The zero-order valence-electron chi connectivity index (χ0n) is 38.6. The molecule has 0 aromatic heterocycles. The average molecular weight is 929 g/mol. The highest BCUT2D eigenvalue weighted by molar-refractivity contribution is 5.79. The molecule has 8 rings (SSSR count). The Morgan fingerprint density at radius 3 is 2.00 bits per heavy atom. The fourth-order valence-corrected chi connectivity index (χ4v) is 14.7. The number of rotatable bonds is 9. The van der Waals surface area contributed by atoms with E-state index in [1.165, 1.54) is 5.57 Å². The third-order valence-electron chi connectivity index (χ3n) is 19.0. The summed E-state index contributed by atoms with van der Waals surface area (Å²) in [5.74, 6) is -0.485. The highest BCUT2D eigenvalue weighted by Gasteiger charge is 2.70. The van der Waals surface area contributed by atoms with E-state index in [2.05, 4.69) is 47.6 Å². The highest BCUT2D eigenvalue weighted by Crippen LogP contribution is 2.76. The molecule has 18 nitrogen and oxygen atoms in total. The molecule has 3 saturated heterocycles. The van der Waals surface area contributed by atoms with Gasteiger partial charge < -0.3 is 84.6 Å². The van der Waals surface area contributed by atoms with Gasteiger partial charge in [0.25, 0.3) is 0 Å². The summed E-state index contributed by atoms with van der Waals surface area (Å²) in [5.41, 5.74) is -1.23. The Labute approximate surface area is 380 Å². The van der Waals surface area contributed by atoms with Gasteiger partial charge in [0.1, 0.15) is 67.1 Å². The van der Waals surface area contributed by atoms with Gasteiger partial charge in [0.15, 0.2) is 12.6 Å². The predicted molar refractivity (Wildman–Crippen MR) is 226 cm³/mol. The van der Waals surface area contributed by atoms with Crippen LogP contribution in [0.2, 0.25) is 0 Å². The third-order valence-corrected chi connectivity index (χ3v) is 19.0. The van der Waals surface area contributed by atoms with Crippen molar-refractivity contribution < 1.29 is 89.4 Å². The van der Waals surface area contributed by atoms with Crippen LogP contribution in [0.1, 0.15) is 106 Å². The molecule has 4 saturated carbocycles. The maximum Gasteiger partial charge on any atom is 0.315 e. The molecule has 372 valence electrons. The van der Waals surface area contributed by atoms with Crippen molar-refractivity contribution in [1.82, 2.24) is 0 Å². The van der Waals surface area contributed by atoms with Crippen molar-refractivity contribution in [2.24, 2.45) is 50.2 Å². The maximum absolute atomic E-state index is 14.9. The summed E-state index contributed by atoms with van der Waals surface area (Å²) in [4.78, 5) is 14.9. The van der Waals surface area contributed by atoms with Crippen molar-refractivity contribution in [1.29, 1.82) is 0 Å². The minimum absolute atomic E-state index is 0.0557. The first-order valence-corrected chi connectivity index (χ1v) is 23.9. The van der Waals surface area contributed by atoms with Crippen molar-refractivity contribution in [3.8, 4) is 0 Å². The van der Waals surface area contributed by atoms with Gasteiger partial charge in [0, 0.05) is 5.41 Å². The number of aliphatic hydroxyl groups excluding tert-OH is 11. The van der Waals surface area contributed by atoms with Crippen molar-refractivity contribution >= 4 is 5.97 Å². The number of carbonyl (C=O) groups is 1. The predicted octanol–water partition coefficient (Wildman–Crippen LogP) is -0.248. The molecule has 8 aliphatic rings. The molecule has 23 atom stereocenters. The molecule has 7 fully saturated rings. The van der Waals surface area contributed by atoms with Crippen LogP contribution in [0.15, 0.2) is 11.6 Å². The molecule has 65 heavy (non-hydrogen) atoms. The van der Waals surface area contributed by atoms with E-state index in [4.69, 9.17) is 28.4 Å². The molecule has 0 aromatic rings. The van der Waals surface area contributed by atoms with Crippen LogP contribution < -0.4 is 0 Å². The molecule has 3 aliphatic heterocycles. The fourth-order valence-electron chi connectivity index (χ4n) is 14.7. The topological polar surface area (TPSA) is 295 Å². The van der Waals surface area contributed by atoms with Crippen LogP contribution in [0.4, 0.5) is 0 Å². The minimum Gasteiger partial charge on any atom is -0.432 e. The van der Waals surface area contributed by atoms with Gasteiger partial charge >= 0.3 is 5.97 Å². The molecule has 1 unspecified atom stereocenters. The standard InChI is InChI=1S/C47H76O18/c1-42(2)13-15-47(41(59)65-40-37(58)34(55)32(53)26(63-40)20-61-38-36(57)33(54)31(52)25(18-48)62-38)16-14-45(5)22(23(47)17-42)7-8-28-43(3)11-10-29(64-39-35(56)30(51)24(50)19-60-39)44(4,21-49)27(43)9-12-46(28,45)6/h7,23-40,48-58H,8-21H2,1-6H3/t23-,24-,25+,26+,27+,28?,29-,30-,31+,32+,33-,34-,35+,36+,37+,38+,39-,40-,43-,44-,45+,46+,47-/m0/s1. The summed E-state index contributed by atoms with van der Waals surface area (Å²) in [7, 11) is 0. The zero-order valence-corrected chi connectivity index (χ0v) is 38.6. The SMILES string of the molecule is CC1(C)CC[C@]2(C(=O)O[C@@H]3O[C@H](CO[C@@H]4O[C@H](CO)[C@@H](O)[C@H](O)[C@H]4O)[C@@H](O)[C@H](O)[C@H]3O)CC[C@]3(C)C(=CCC4[C@@]5(C)CC[C@H](O[C@@H]6OC[C@H](O)[C@H](O)[C@H]6O)[C@@](C)(CO)[C@@H]5CC[C@]43C)[C@@H]2C1. The second-order valence-corrected chi connectivity index (χ2v) is 22.9. The molecular formula is C47H76O18. The van der Waals surface area contributed by atoms with Crippen molar-refractivity contribution in [3.63, 3.8) is 0 Å². The van der Waals surface area contributed by atoms with Gasteiger partial charge in [-0.25, -0.2) is 0 Å². The molecule has 11 N–H and O–H groups in total. The van der Waals surface area contributed by atoms with E-state index in [1.54, 1.807) is 0 Å². The maximum atomic E-state index is 14.9. The summed E-state index contributed by atoms with van der Waals surface area (Å²) in [6, 6.07) is 0. The van der Waals surface area contributed by atoms with E-state index in [0.717, 1.165) is 38.5 Å². The summed E-state index contributed by atoms with van der Waals surface area (Å²) in [6.45, 7) is 12.1. The summed E-state index contributed by atoms with van der Waals surface area (Å²) in [6.07, 6.45) is -12.5. The fraction of sp³-hybridized carbons (Fsp3) is 0.936. The van der Waals surface area contributed by atoms with E-state index in [-0.39, 0.29) is 52.6 Å². The second-order valence-electron chi connectivity index (χ2n) is 22.9. The lowest BCUT2D eigenvalue weighted by molar-refractivity contribution is -0.328. The molecule has 0 amide bonds. The van der Waals surface area contributed by atoms with Gasteiger partial charge in [-0.2, -0.15) is 0 Å². The van der Waals surface area contributed by atoms with Gasteiger partial charge in [-0.05, 0) is 104 Å². The number of hydrogen-bond acceptors (Lipinski definition) is 18. The molecule has 5 aliphatic carbocycles. The van der Waals surface area contributed by atoms with Crippen LogP contribution in [0, 0.1) is 50.2 Å². The number of ether oxygens (including phenoxy) is 6. The molecular weight excluding hydrogens is 852 g/mol. The first kappa shape index (κ1) is 50.0. The number of aliphatic hydroxyl groups is 11. The lowest BCUT2D eigenvalue weighted by atomic mass is 9.33. The van der Waals surface area contributed by atoms with Crippen molar-refractivity contribution in [3.05, 3.63) is 11.6 Å². The van der Waals surface area contributed by atoms with Crippen LogP contribution >= 0.6 is 0 Å². The van der Waals surface area contributed by atoms with Crippen molar-refractivity contribution in [2.75, 3.05) is 26.4 Å². The molecule has 0 radical (unpaired) electrons. The first-order valence-electron chi connectivity index (χ1n) is 23.9. The highest BCUT2D eigenvalue weighted by atomic mass is 16.7. The van der Waals surface area contributed by atoms with Crippen molar-refractivity contribution in [2.45, 2.75) is 198 Å². The Bertz CT molecular complexity index is 1760. The largest absolute Gasteiger partial charge is 0.432 e. The molecule has 0 aromatic carbocycles. The Hall–Kier alpha value is -1.43. The van der Waals surface area contributed by atoms with Gasteiger partial charge in [-0.3, -0.25) is 4.79 Å². The Kier molecular flexibility index (Phi) is 13.7. The van der Waals surface area contributed by atoms with Crippen LogP contribution in [0.5, 0.6) is 0 Å². The number of allylic oxidation sites excluding steroid dienone is 2. The van der Waals surface area contributed by atoms with Gasteiger partial charge in [-0.1, -0.05) is 53.2 Å². The monoisotopic (exact) mass is 929 g/mol. The molecule has 0 spiro atoms. The van der Waals surface area contributed by atoms with E-state index < -0.39 is 122 Å². The summed E-state index contributed by atoms with van der Waals surface area (Å²) >= 11 is 0. The van der Waals surface area contributed by atoms with Gasteiger partial charge in [0.2, 0.25) is 6.29 Å². The minimum atomic E-state index is -1.81. The summed E-state index contributed by atoms with van der Waals surface area (Å²) < 4.78 is 35.2. The first-order chi connectivity index (χ1) is 30.4. The van der Waals surface area contributed by atoms with E-state index in [1.807, 2.05) is 0 Å². The number of hydrogen-bond donors (Lipinski definition) is 11. The van der Waals surface area contributed by atoms with Crippen LogP contribution in [-0.4, -0.2) is 181 Å². The number of fused-ring (bicyclic) bond motifs is 7.